The fourth-order valence-electron chi connectivity index (χ4n) is 4.42. The van der Waals surface area contributed by atoms with E-state index >= 15 is 0 Å². The molecule has 1 atom stereocenters. The van der Waals surface area contributed by atoms with Crippen LogP contribution in [0, 0.1) is 0 Å². The number of aromatic nitrogens is 3. The molecule has 0 N–H and O–H groups in total. The van der Waals surface area contributed by atoms with Crippen LogP contribution in [-0.4, -0.2) is 54.1 Å². The molecule has 0 aliphatic carbocycles. The molecule has 2 aromatic carbocycles. The van der Waals surface area contributed by atoms with E-state index in [-0.39, 0.29) is 0 Å². The Labute approximate surface area is 200 Å². The monoisotopic (exact) mass is 468 g/mol. The van der Waals surface area contributed by atoms with Crippen LogP contribution in [0.4, 0.5) is 0 Å². The highest BCUT2D eigenvalue weighted by Gasteiger charge is 2.26. The summed E-state index contributed by atoms with van der Waals surface area (Å²) in [5, 5.41) is 10.0. The minimum Gasteiger partial charge on any atom is -0.493 e. The topological polar surface area (TPSA) is 61.6 Å². The Bertz CT molecular complexity index is 1030. The van der Waals surface area contributed by atoms with Gasteiger partial charge in [-0.05, 0) is 42.6 Å². The second kappa shape index (κ2) is 10.9. The molecule has 0 spiro atoms. The SMILES string of the molecule is COc1cc(CN2CCC[C@@H](c3nnc(SCc4ccccc4)n3C)C2)cc(OC)c1OC. The van der Waals surface area contributed by atoms with E-state index < -0.39 is 0 Å². The molecule has 3 aromatic rings. The first kappa shape index (κ1) is 23.4. The van der Waals surface area contributed by atoms with Crippen LogP contribution >= 0.6 is 11.8 Å². The maximum atomic E-state index is 5.52. The Balaban J connectivity index is 1.43. The van der Waals surface area contributed by atoms with Gasteiger partial charge in [-0.2, -0.15) is 0 Å². The van der Waals surface area contributed by atoms with Gasteiger partial charge in [0.25, 0.3) is 0 Å². The van der Waals surface area contributed by atoms with Crippen molar-refractivity contribution in [3.63, 3.8) is 0 Å². The summed E-state index contributed by atoms with van der Waals surface area (Å²) >= 11 is 1.74. The van der Waals surface area contributed by atoms with Crippen molar-refractivity contribution in [2.75, 3.05) is 34.4 Å². The van der Waals surface area contributed by atoms with E-state index in [1.165, 1.54) is 5.56 Å². The summed E-state index contributed by atoms with van der Waals surface area (Å²) in [4.78, 5) is 2.47. The molecule has 1 aromatic heterocycles. The first-order chi connectivity index (χ1) is 16.1. The first-order valence-electron chi connectivity index (χ1n) is 11.2. The zero-order chi connectivity index (χ0) is 23.2. The zero-order valence-electron chi connectivity index (χ0n) is 19.8. The molecule has 4 rings (SSSR count). The Morgan fingerprint density at radius 3 is 2.36 bits per heavy atom. The van der Waals surface area contributed by atoms with Gasteiger partial charge in [0.2, 0.25) is 5.75 Å². The van der Waals surface area contributed by atoms with Crippen LogP contribution in [0.5, 0.6) is 17.2 Å². The number of thioether (sulfide) groups is 1. The molecule has 1 fully saturated rings. The highest BCUT2D eigenvalue weighted by molar-refractivity contribution is 7.98. The molecule has 8 heteroatoms. The van der Waals surface area contributed by atoms with E-state index in [1.54, 1.807) is 33.1 Å². The second-order valence-corrected chi connectivity index (χ2v) is 9.22. The normalized spacial score (nSPS) is 16.5. The van der Waals surface area contributed by atoms with Gasteiger partial charge in [0, 0.05) is 31.8 Å². The number of methoxy groups -OCH3 is 3. The van der Waals surface area contributed by atoms with Gasteiger partial charge in [0.15, 0.2) is 16.7 Å². The summed E-state index contributed by atoms with van der Waals surface area (Å²) < 4.78 is 18.7. The Hall–Kier alpha value is -2.71. The Morgan fingerprint density at radius 2 is 1.70 bits per heavy atom. The van der Waals surface area contributed by atoms with Crippen molar-refractivity contribution in [3.8, 4) is 17.2 Å². The lowest BCUT2D eigenvalue weighted by Gasteiger charge is -2.32. The highest BCUT2D eigenvalue weighted by atomic mass is 32.2. The minimum atomic E-state index is 0.365. The summed E-state index contributed by atoms with van der Waals surface area (Å²) in [5.74, 6) is 4.33. The van der Waals surface area contributed by atoms with Crippen molar-refractivity contribution in [2.45, 2.75) is 36.2 Å². The lowest BCUT2D eigenvalue weighted by molar-refractivity contribution is 0.194. The zero-order valence-corrected chi connectivity index (χ0v) is 20.6. The molecule has 1 aliphatic heterocycles. The van der Waals surface area contributed by atoms with Crippen LogP contribution in [0.3, 0.4) is 0 Å². The molecule has 7 nitrogen and oxygen atoms in total. The standard InChI is InChI=1S/C25H32N4O3S/c1-28-24(26-27-25(28)33-17-18-9-6-5-7-10-18)20-11-8-12-29(16-20)15-19-13-21(30-2)23(32-4)22(14-19)31-3/h5-7,9-10,13-14,20H,8,11-12,15-17H2,1-4H3/t20-/m1/s1. The predicted molar refractivity (Wildman–Crippen MR) is 130 cm³/mol. The van der Waals surface area contributed by atoms with Gasteiger partial charge in [-0.15, -0.1) is 10.2 Å². The summed E-state index contributed by atoms with van der Waals surface area (Å²) in [6.07, 6.45) is 2.26. The van der Waals surface area contributed by atoms with Gasteiger partial charge in [-0.25, -0.2) is 0 Å². The number of hydrogen-bond donors (Lipinski definition) is 0. The van der Waals surface area contributed by atoms with Crippen molar-refractivity contribution in [3.05, 3.63) is 59.4 Å². The number of ether oxygens (including phenoxy) is 3. The van der Waals surface area contributed by atoms with E-state index in [1.807, 2.05) is 18.2 Å². The predicted octanol–water partition coefficient (Wildman–Crippen LogP) is 4.51. The van der Waals surface area contributed by atoms with Crippen LogP contribution in [0.25, 0.3) is 0 Å². The van der Waals surface area contributed by atoms with Crippen molar-refractivity contribution in [1.82, 2.24) is 19.7 Å². The number of likely N-dealkylation sites (tertiary alicyclic amines) is 1. The lowest BCUT2D eigenvalue weighted by atomic mass is 9.96. The van der Waals surface area contributed by atoms with Crippen molar-refractivity contribution >= 4 is 11.8 Å². The van der Waals surface area contributed by atoms with Gasteiger partial charge in [-0.3, -0.25) is 4.90 Å². The largest absolute Gasteiger partial charge is 0.493 e. The number of piperidine rings is 1. The summed E-state index contributed by atoms with van der Waals surface area (Å²) in [7, 11) is 7.02. The highest BCUT2D eigenvalue weighted by Crippen LogP contribution is 2.39. The van der Waals surface area contributed by atoms with Crippen molar-refractivity contribution in [2.24, 2.45) is 7.05 Å². The molecule has 0 amide bonds. The van der Waals surface area contributed by atoms with E-state index in [0.29, 0.717) is 23.2 Å². The molecule has 0 radical (unpaired) electrons. The average molecular weight is 469 g/mol. The first-order valence-corrected chi connectivity index (χ1v) is 12.2. The fourth-order valence-corrected chi connectivity index (χ4v) is 5.30. The number of nitrogens with zero attached hydrogens (tertiary/aromatic N) is 4. The summed E-state index contributed by atoms with van der Waals surface area (Å²) in [6.45, 7) is 2.83. The number of hydrogen-bond acceptors (Lipinski definition) is 7. The van der Waals surface area contributed by atoms with Crippen molar-refractivity contribution < 1.29 is 14.2 Å². The minimum absolute atomic E-state index is 0.365. The van der Waals surface area contributed by atoms with Gasteiger partial charge in [0.1, 0.15) is 5.82 Å². The van der Waals surface area contributed by atoms with Crippen LogP contribution < -0.4 is 14.2 Å². The summed E-state index contributed by atoms with van der Waals surface area (Å²) in [6, 6.07) is 14.5. The second-order valence-electron chi connectivity index (χ2n) is 8.28. The molecular weight excluding hydrogens is 436 g/mol. The number of rotatable bonds is 9. The van der Waals surface area contributed by atoms with E-state index in [9.17, 15) is 0 Å². The molecule has 1 saturated heterocycles. The molecule has 2 heterocycles. The Kier molecular flexibility index (Phi) is 7.77. The smallest absolute Gasteiger partial charge is 0.203 e. The van der Waals surface area contributed by atoms with E-state index in [4.69, 9.17) is 14.2 Å². The van der Waals surface area contributed by atoms with Gasteiger partial charge in [0.05, 0.1) is 21.3 Å². The average Bonchev–Trinajstić information content (AvgIpc) is 3.23. The molecule has 176 valence electrons. The summed E-state index contributed by atoms with van der Waals surface area (Å²) in [5.41, 5.74) is 2.43. The van der Waals surface area contributed by atoms with Crippen molar-refractivity contribution in [1.29, 1.82) is 0 Å². The lowest BCUT2D eigenvalue weighted by Crippen LogP contribution is -2.34. The van der Waals surface area contributed by atoms with Gasteiger partial charge < -0.3 is 18.8 Å². The third kappa shape index (κ3) is 5.45. The molecule has 0 bridgehead atoms. The van der Waals surface area contributed by atoms with Crippen LogP contribution in [0.15, 0.2) is 47.6 Å². The van der Waals surface area contributed by atoms with Gasteiger partial charge >= 0.3 is 0 Å². The maximum absolute atomic E-state index is 5.52. The van der Waals surface area contributed by atoms with E-state index in [2.05, 4.69) is 51.0 Å². The van der Waals surface area contributed by atoms with Crippen LogP contribution in [0.1, 0.15) is 35.7 Å². The molecule has 0 unspecified atom stereocenters. The number of benzene rings is 2. The fraction of sp³-hybridized carbons (Fsp3) is 0.440. The molecule has 1 aliphatic rings. The van der Waals surface area contributed by atoms with Crippen LogP contribution in [0.2, 0.25) is 0 Å². The molecular formula is C25H32N4O3S. The van der Waals surface area contributed by atoms with E-state index in [0.717, 1.165) is 54.8 Å². The maximum Gasteiger partial charge on any atom is 0.203 e. The molecule has 33 heavy (non-hydrogen) atoms. The van der Waals surface area contributed by atoms with Crippen LogP contribution in [-0.2, 0) is 19.3 Å². The Morgan fingerprint density at radius 1 is 0.970 bits per heavy atom. The van der Waals surface area contributed by atoms with Gasteiger partial charge in [-0.1, -0.05) is 42.1 Å². The quantitative estimate of drug-likeness (QED) is 0.428. The third-order valence-electron chi connectivity index (χ3n) is 6.08. The third-order valence-corrected chi connectivity index (χ3v) is 7.17. The molecule has 0 saturated carbocycles.